The van der Waals surface area contributed by atoms with E-state index in [2.05, 4.69) is 16.0 Å². The van der Waals surface area contributed by atoms with Gasteiger partial charge in [-0.3, -0.25) is 0 Å². The Labute approximate surface area is 108 Å². The maximum absolute atomic E-state index is 9.58. The molecule has 96 valence electrons. The highest BCUT2D eigenvalue weighted by atomic mass is 16.3. The van der Waals surface area contributed by atoms with Crippen molar-refractivity contribution in [3.8, 4) is 6.07 Å². The summed E-state index contributed by atoms with van der Waals surface area (Å²) in [6.45, 7) is 5.57. The molecule has 0 radical (unpaired) electrons. The van der Waals surface area contributed by atoms with Gasteiger partial charge in [0.05, 0.1) is 17.7 Å². The van der Waals surface area contributed by atoms with E-state index in [1.54, 1.807) is 6.07 Å². The highest BCUT2D eigenvalue weighted by molar-refractivity contribution is 5.46. The smallest absolute Gasteiger partial charge is 0.130 e. The molecule has 1 aromatic rings. The van der Waals surface area contributed by atoms with Crippen molar-refractivity contribution in [3.05, 3.63) is 23.4 Å². The third-order valence-electron chi connectivity index (χ3n) is 3.61. The molecule has 1 aromatic heterocycles. The quantitative estimate of drug-likeness (QED) is 0.864. The van der Waals surface area contributed by atoms with Gasteiger partial charge in [0.25, 0.3) is 0 Å². The fourth-order valence-electron chi connectivity index (χ4n) is 2.49. The lowest BCUT2D eigenvalue weighted by Crippen LogP contribution is -2.37. The van der Waals surface area contributed by atoms with Crippen molar-refractivity contribution in [2.75, 3.05) is 18.0 Å². The van der Waals surface area contributed by atoms with Crippen LogP contribution in [-0.2, 0) is 0 Å². The van der Waals surface area contributed by atoms with Crippen molar-refractivity contribution in [2.24, 2.45) is 5.92 Å². The van der Waals surface area contributed by atoms with Gasteiger partial charge in [-0.25, -0.2) is 4.98 Å². The van der Waals surface area contributed by atoms with Gasteiger partial charge < -0.3 is 10.0 Å². The van der Waals surface area contributed by atoms with Crippen LogP contribution in [-0.4, -0.2) is 29.3 Å². The lowest BCUT2D eigenvalue weighted by atomic mass is 9.92. The molecule has 1 N–H and O–H groups in total. The molecular weight excluding hydrogens is 226 g/mol. The van der Waals surface area contributed by atoms with Crippen LogP contribution in [0.1, 0.15) is 31.0 Å². The van der Waals surface area contributed by atoms with Crippen molar-refractivity contribution in [2.45, 2.75) is 32.8 Å². The first kappa shape index (κ1) is 12.8. The lowest BCUT2D eigenvalue weighted by molar-refractivity contribution is 0.110. The van der Waals surface area contributed by atoms with Crippen LogP contribution in [0.3, 0.4) is 0 Å². The van der Waals surface area contributed by atoms with Gasteiger partial charge in [0, 0.05) is 18.8 Å². The van der Waals surface area contributed by atoms with Gasteiger partial charge in [-0.05, 0) is 44.7 Å². The summed E-state index contributed by atoms with van der Waals surface area (Å²) in [6, 6.07) is 5.81. The molecule has 1 fully saturated rings. The van der Waals surface area contributed by atoms with Gasteiger partial charge in [0.2, 0.25) is 0 Å². The summed E-state index contributed by atoms with van der Waals surface area (Å²) >= 11 is 0. The standard InChI is InChI=1S/C14H19N3O/c1-10-7-12(9-15)8-14(16-10)17-5-3-13(4-6-17)11(2)18/h7-8,11,13,18H,3-6H2,1-2H3. The zero-order valence-corrected chi connectivity index (χ0v) is 10.9. The van der Waals surface area contributed by atoms with Crippen molar-refractivity contribution < 1.29 is 5.11 Å². The maximum Gasteiger partial charge on any atom is 0.130 e. The molecule has 4 nitrogen and oxygen atoms in total. The first-order valence-electron chi connectivity index (χ1n) is 6.42. The van der Waals surface area contributed by atoms with Gasteiger partial charge in [0.1, 0.15) is 5.82 Å². The zero-order valence-electron chi connectivity index (χ0n) is 10.9. The molecule has 18 heavy (non-hydrogen) atoms. The molecular formula is C14H19N3O. The predicted molar refractivity (Wildman–Crippen MR) is 70.3 cm³/mol. The molecule has 1 aliphatic heterocycles. The number of aliphatic hydroxyl groups excluding tert-OH is 1. The second-order valence-electron chi connectivity index (χ2n) is 5.03. The lowest BCUT2D eigenvalue weighted by Gasteiger charge is -2.34. The summed E-state index contributed by atoms with van der Waals surface area (Å²) < 4.78 is 0. The van der Waals surface area contributed by atoms with Crippen molar-refractivity contribution in [3.63, 3.8) is 0 Å². The average Bonchev–Trinajstić information content (AvgIpc) is 2.38. The van der Waals surface area contributed by atoms with E-state index in [1.165, 1.54) is 0 Å². The molecule has 0 aromatic carbocycles. The Morgan fingerprint density at radius 2 is 2.11 bits per heavy atom. The molecule has 0 spiro atoms. The Bertz CT molecular complexity index is 457. The Morgan fingerprint density at radius 1 is 1.44 bits per heavy atom. The molecule has 2 rings (SSSR count). The van der Waals surface area contributed by atoms with Gasteiger partial charge in [-0.1, -0.05) is 0 Å². The van der Waals surface area contributed by atoms with E-state index >= 15 is 0 Å². The summed E-state index contributed by atoms with van der Waals surface area (Å²) in [6.07, 6.45) is 1.73. The minimum absolute atomic E-state index is 0.229. The minimum Gasteiger partial charge on any atom is -0.393 e. The third-order valence-corrected chi connectivity index (χ3v) is 3.61. The molecule has 0 amide bonds. The van der Waals surface area contributed by atoms with E-state index in [0.29, 0.717) is 11.5 Å². The van der Waals surface area contributed by atoms with Crippen LogP contribution in [0.2, 0.25) is 0 Å². The van der Waals surface area contributed by atoms with E-state index in [1.807, 2.05) is 19.9 Å². The van der Waals surface area contributed by atoms with E-state index in [-0.39, 0.29) is 6.10 Å². The number of piperidine rings is 1. The summed E-state index contributed by atoms with van der Waals surface area (Å²) in [5.74, 6) is 1.28. The Morgan fingerprint density at radius 3 is 2.67 bits per heavy atom. The highest BCUT2D eigenvalue weighted by Crippen LogP contribution is 2.24. The van der Waals surface area contributed by atoms with Crippen LogP contribution >= 0.6 is 0 Å². The number of nitrogens with zero attached hydrogens (tertiary/aromatic N) is 3. The summed E-state index contributed by atoms with van der Waals surface area (Å²) in [5.41, 5.74) is 1.54. The molecule has 4 heteroatoms. The van der Waals surface area contributed by atoms with E-state index in [0.717, 1.165) is 37.4 Å². The number of hydrogen-bond donors (Lipinski definition) is 1. The summed E-state index contributed by atoms with van der Waals surface area (Å²) in [5, 5.41) is 18.6. The van der Waals surface area contributed by atoms with Crippen LogP contribution < -0.4 is 4.90 Å². The zero-order chi connectivity index (χ0) is 13.1. The number of aryl methyl sites for hydroxylation is 1. The van der Waals surface area contributed by atoms with Crippen LogP contribution in [0.4, 0.5) is 5.82 Å². The van der Waals surface area contributed by atoms with Crippen molar-refractivity contribution >= 4 is 5.82 Å². The molecule has 0 aliphatic carbocycles. The number of pyridine rings is 1. The molecule has 0 bridgehead atoms. The minimum atomic E-state index is -0.229. The van der Waals surface area contributed by atoms with E-state index in [4.69, 9.17) is 5.26 Å². The molecule has 1 unspecified atom stereocenters. The van der Waals surface area contributed by atoms with Gasteiger partial charge >= 0.3 is 0 Å². The summed E-state index contributed by atoms with van der Waals surface area (Å²) in [4.78, 5) is 6.69. The van der Waals surface area contributed by atoms with Crippen LogP contribution in [0.15, 0.2) is 12.1 Å². The average molecular weight is 245 g/mol. The SMILES string of the molecule is Cc1cc(C#N)cc(N2CCC(C(C)O)CC2)n1. The van der Waals surface area contributed by atoms with Crippen LogP contribution in [0.5, 0.6) is 0 Å². The number of aromatic nitrogens is 1. The van der Waals surface area contributed by atoms with Gasteiger partial charge in [0.15, 0.2) is 0 Å². The number of rotatable bonds is 2. The molecule has 2 heterocycles. The monoisotopic (exact) mass is 245 g/mol. The number of hydrogen-bond acceptors (Lipinski definition) is 4. The highest BCUT2D eigenvalue weighted by Gasteiger charge is 2.23. The first-order chi connectivity index (χ1) is 8.60. The number of aliphatic hydroxyl groups is 1. The van der Waals surface area contributed by atoms with Crippen LogP contribution in [0, 0.1) is 24.2 Å². The van der Waals surface area contributed by atoms with Crippen LogP contribution in [0.25, 0.3) is 0 Å². The second-order valence-corrected chi connectivity index (χ2v) is 5.03. The Balaban J connectivity index is 2.10. The summed E-state index contributed by atoms with van der Waals surface area (Å²) in [7, 11) is 0. The second kappa shape index (κ2) is 5.36. The van der Waals surface area contributed by atoms with Crippen molar-refractivity contribution in [1.29, 1.82) is 5.26 Å². The molecule has 1 saturated heterocycles. The van der Waals surface area contributed by atoms with E-state index < -0.39 is 0 Å². The third kappa shape index (κ3) is 2.80. The largest absolute Gasteiger partial charge is 0.393 e. The van der Waals surface area contributed by atoms with Gasteiger partial charge in [-0.2, -0.15) is 5.26 Å². The van der Waals surface area contributed by atoms with Crippen molar-refractivity contribution in [1.82, 2.24) is 4.98 Å². The number of nitriles is 1. The first-order valence-corrected chi connectivity index (χ1v) is 6.42. The fourth-order valence-corrected chi connectivity index (χ4v) is 2.49. The van der Waals surface area contributed by atoms with E-state index in [9.17, 15) is 5.11 Å². The topological polar surface area (TPSA) is 60.2 Å². The maximum atomic E-state index is 9.58. The fraction of sp³-hybridized carbons (Fsp3) is 0.571. The Hall–Kier alpha value is -1.60. The molecule has 0 saturated carbocycles. The number of anilines is 1. The molecule has 1 atom stereocenters. The van der Waals surface area contributed by atoms with Gasteiger partial charge in [-0.15, -0.1) is 0 Å². The molecule has 1 aliphatic rings. The normalized spacial score (nSPS) is 18.4. The predicted octanol–water partition coefficient (Wildman–Crippen LogP) is 1.86. The Kier molecular flexibility index (Phi) is 3.83.